The average molecular weight is 247 g/mol. The van der Waals surface area contributed by atoms with E-state index in [1.807, 2.05) is 24.3 Å². The number of rotatable bonds is 2. The van der Waals surface area contributed by atoms with Gasteiger partial charge >= 0.3 is 0 Å². The number of benzene rings is 1. The summed E-state index contributed by atoms with van der Waals surface area (Å²) in [4.78, 5) is 13.9. The molecular weight excluding hydrogens is 230 g/mol. The van der Waals surface area contributed by atoms with Crippen molar-refractivity contribution in [3.8, 4) is 0 Å². The molecule has 0 bridgehead atoms. The van der Waals surface area contributed by atoms with Gasteiger partial charge in [0.2, 0.25) is 5.91 Å². The summed E-state index contributed by atoms with van der Waals surface area (Å²) in [5.41, 5.74) is 7.53. The van der Waals surface area contributed by atoms with E-state index in [0.717, 1.165) is 24.9 Å². The number of anilines is 1. The molecule has 0 atom stereocenters. The van der Waals surface area contributed by atoms with Crippen molar-refractivity contribution in [2.45, 2.75) is 25.7 Å². The molecule has 18 heavy (non-hydrogen) atoms. The summed E-state index contributed by atoms with van der Waals surface area (Å²) in [6.07, 6.45) is 2.98. The zero-order chi connectivity index (χ0) is 13.0. The predicted molar refractivity (Wildman–Crippen MR) is 69.8 cm³/mol. The molecule has 2 rings (SSSR count). The van der Waals surface area contributed by atoms with Crippen LogP contribution in [0.15, 0.2) is 29.4 Å². The van der Waals surface area contributed by atoms with E-state index in [4.69, 9.17) is 10.9 Å². The van der Waals surface area contributed by atoms with Crippen LogP contribution in [0, 0.1) is 0 Å². The van der Waals surface area contributed by atoms with E-state index >= 15 is 0 Å². The summed E-state index contributed by atoms with van der Waals surface area (Å²) < 4.78 is 0. The molecule has 0 spiro atoms. The summed E-state index contributed by atoms with van der Waals surface area (Å²) in [6.45, 7) is 0.689. The van der Waals surface area contributed by atoms with Gasteiger partial charge in [-0.25, -0.2) is 0 Å². The minimum absolute atomic E-state index is 0.0508. The van der Waals surface area contributed by atoms with Gasteiger partial charge in [0.05, 0.1) is 6.42 Å². The maximum absolute atomic E-state index is 12.1. The van der Waals surface area contributed by atoms with Gasteiger partial charge in [-0.3, -0.25) is 4.79 Å². The molecule has 1 heterocycles. The van der Waals surface area contributed by atoms with Crippen LogP contribution in [0.1, 0.15) is 24.8 Å². The van der Waals surface area contributed by atoms with Crippen LogP contribution in [-0.2, 0) is 11.2 Å². The first-order valence-corrected chi connectivity index (χ1v) is 6.07. The van der Waals surface area contributed by atoms with E-state index in [9.17, 15) is 4.79 Å². The van der Waals surface area contributed by atoms with E-state index in [2.05, 4.69) is 5.16 Å². The Labute approximate surface area is 106 Å². The topological polar surface area (TPSA) is 78.9 Å². The molecule has 3 N–H and O–H groups in total. The zero-order valence-electron chi connectivity index (χ0n) is 10.2. The third-order valence-corrected chi connectivity index (χ3v) is 3.12. The molecule has 1 amide bonds. The van der Waals surface area contributed by atoms with Crippen molar-refractivity contribution >= 4 is 17.4 Å². The number of nitrogens with two attached hydrogens (primary N) is 1. The van der Waals surface area contributed by atoms with Crippen molar-refractivity contribution in [2.24, 2.45) is 10.9 Å². The lowest BCUT2D eigenvalue weighted by Crippen LogP contribution is -2.34. The Morgan fingerprint density at radius 1 is 1.39 bits per heavy atom. The first-order chi connectivity index (χ1) is 8.72. The quantitative estimate of drug-likeness (QED) is 0.360. The van der Waals surface area contributed by atoms with Gasteiger partial charge < -0.3 is 15.8 Å². The van der Waals surface area contributed by atoms with Crippen molar-refractivity contribution in [1.29, 1.82) is 0 Å². The molecule has 0 unspecified atom stereocenters. The van der Waals surface area contributed by atoms with Crippen molar-refractivity contribution in [1.82, 2.24) is 0 Å². The van der Waals surface area contributed by atoms with Crippen molar-refractivity contribution in [2.75, 3.05) is 11.4 Å². The summed E-state index contributed by atoms with van der Waals surface area (Å²) in [5.74, 6) is -0.179. The maximum atomic E-state index is 12.1. The summed E-state index contributed by atoms with van der Waals surface area (Å²) in [5, 5.41) is 11.4. The van der Waals surface area contributed by atoms with Gasteiger partial charge in [-0.05, 0) is 30.9 Å². The van der Waals surface area contributed by atoms with Gasteiger partial charge in [0.25, 0.3) is 0 Å². The number of hydrogen-bond acceptors (Lipinski definition) is 3. The van der Waals surface area contributed by atoms with E-state index in [1.54, 1.807) is 4.90 Å². The molecule has 1 aromatic carbocycles. The van der Waals surface area contributed by atoms with Gasteiger partial charge in [0, 0.05) is 12.2 Å². The third kappa shape index (κ3) is 2.61. The first-order valence-electron chi connectivity index (χ1n) is 6.07. The number of oxime groups is 1. The van der Waals surface area contributed by atoms with Crippen molar-refractivity contribution in [3.05, 3.63) is 29.8 Å². The summed E-state index contributed by atoms with van der Waals surface area (Å²) >= 11 is 0. The monoisotopic (exact) mass is 247 g/mol. The highest BCUT2D eigenvalue weighted by atomic mass is 16.4. The number of aryl methyl sites for hydroxylation is 1. The second-order valence-corrected chi connectivity index (χ2v) is 4.40. The van der Waals surface area contributed by atoms with Crippen LogP contribution < -0.4 is 10.6 Å². The number of nitrogens with zero attached hydrogens (tertiary/aromatic N) is 2. The normalized spacial score (nSPS) is 16.0. The number of amidine groups is 1. The fourth-order valence-corrected chi connectivity index (χ4v) is 2.24. The Morgan fingerprint density at radius 3 is 2.94 bits per heavy atom. The maximum Gasteiger partial charge on any atom is 0.234 e. The van der Waals surface area contributed by atoms with Crippen LogP contribution in [-0.4, -0.2) is 23.5 Å². The number of para-hydroxylation sites is 1. The van der Waals surface area contributed by atoms with Gasteiger partial charge in [0.1, 0.15) is 5.84 Å². The lowest BCUT2D eigenvalue weighted by Gasteiger charge is -2.22. The molecule has 5 heteroatoms. The van der Waals surface area contributed by atoms with Crippen LogP contribution in [0.4, 0.5) is 5.69 Å². The molecule has 96 valence electrons. The molecular formula is C13H17N3O2. The second-order valence-electron chi connectivity index (χ2n) is 4.40. The van der Waals surface area contributed by atoms with Gasteiger partial charge in [0.15, 0.2) is 0 Å². The van der Waals surface area contributed by atoms with E-state index < -0.39 is 0 Å². The SMILES string of the molecule is NC(CC(=O)N1CCCCc2ccccc21)=NO. The number of fused-ring (bicyclic) bond motifs is 1. The van der Waals surface area contributed by atoms with Crippen LogP contribution >= 0.6 is 0 Å². The lowest BCUT2D eigenvalue weighted by atomic mass is 10.1. The first kappa shape index (κ1) is 12.4. The Hall–Kier alpha value is -2.04. The predicted octanol–water partition coefficient (Wildman–Crippen LogP) is 1.49. The number of carbonyl (C=O) groups is 1. The number of hydrogen-bond donors (Lipinski definition) is 2. The molecule has 0 aliphatic carbocycles. The second kappa shape index (κ2) is 5.53. The van der Waals surface area contributed by atoms with Crippen LogP contribution in [0.5, 0.6) is 0 Å². The summed E-state index contributed by atoms with van der Waals surface area (Å²) in [6, 6.07) is 7.90. The van der Waals surface area contributed by atoms with Crippen LogP contribution in [0.25, 0.3) is 0 Å². The fourth-order valence-electron chi connectivity index (χ4n) is 2.24. The Morgan fingerprint density at radius 2 is 2.17 bits per heavy atom. The summed E-state index contributed by atoms with van der Waals surface area (Å²) in [7, 11) is 0. The Bertz CT molecular complexity index is 471. The highest BCUT2D eigenvalue weighted by Crippen LogP contribution is 2.26. The molecule has 1 aliphatic heterocycles. The van der Waals surface area contributed by atoms with Crippen LogP contribution in [0.3, 0.4) is 0 Å². The molecule has 0 fully saturated rings. The number of carbonyl (C=O) groups excluding carboxylic acids is 1. The molecule has 0 radical (unpaired) electrons. The largest absolute Gasteiger partial charge is 0.409 e. The fraction of sp³-hybridized carbons (Fsp3) is 0.385. The Kier molecular flexibility index (Phi) is 3.82. The van der Waals surface area contributed by atoms with E-state index in [0.29, 0.717) is 6.54 Å². The van der Waals surface area contributed by atoms with Crippen molar-refractivity contribution in [3.63, 3.8) is 0 Å². The van der Waals surface area contributed by atoms with E-state index in [-0.39, 0.29) is 18.2 Å². The molecule has 0 aromatic heterocycles. The van der Waals surface area contributed by atoms with Crippen LogP contribution in [0.2, 0.25) is 0 Å². The smallest absolute Gasteiger partial charge is 0.234 e. The van der Waals surface area contributed by atoms with Gasteiger partial charge in [-0.2, -0.15) is 0 Å². The van der Waals surface area contributed by atoms with Gasteiger partial charge in [-0.1, -0.05) is 23.4 Å². The zero-order valence-corrected chi connectivity index (χ0v) is 10.2. The highest BCUT2D eigenvalue weighted by Gasteiger charge is 2.21. The molecule has 1 aliphatic rings. The van der Waals surface area contributed by atoms with E-state index in [1.165, 1.54) is 5.56 Å². The minimum atomic E-state index is -0.125. The standard InChI is InChI=1S/C13H17N3O2/c14-12(15-18)9-13(17)16-8-4-3-6-10-5-1-2-7-11(10)16/h1-2,5,7,18H,3-4,6,8-9H2,(H2,14,15). The lowest BCUT2D eigenvalue weighted by molar-refractivity contribution is -0.117. The van der Waals surface area contributed by atoms with Crippen molar-refractivity contribution < 1.29 is 10.0 Å². The highest BCUT2D eigenvalue weighted by molar-refractivity contribution is 6.06. The molecule has 1 aromatic rings. The minimum Gasteiger partial charge on any atom is -0.409 e. The average Bonchev–Trinajstić information content (AvgIpc) is 2.60. The molecule has 0 saturated carbocycles. The van der Waals surface area contributed by atoms with Gasteiger partial charge in [-0.15, -0.1) is 0 Å². The molecule has 0 saturated heterocycles. The molecule has 5 nitrogen and oxygen atoms in total. The number of amides is 1. The Balaban J connectivity index is 2.25. The third-order valence-electron chi connectivity index (χ3n) is 3.12.